The molecule has 130 valence electrons. The van der Waals surface area contributed by atoms with E-state index in [0.717, 1.165) is 11.3 Å². The smallest absolute Gasteiger partial charge is 0.175 e. The van der Waals surface area contributed by atoms with Crippen molar-refractivity contribution in [2.24, 2.45) is 0 Å². The van der Waals surface area contributed by atoms with Crippen LogP contribution < -0.4 is 4.74 Å². The van der Waals surface area contributed by atoms with Crippen LogP contribution in [0.1, 0.15) is 13.8 Å². The van der Waals surface area contributed by atoms with Crippen molar-refractivity contribution in [1.82, 2.24) is 9.97 Å². The number of thiazole rings is 1. The molecule has 1 aromatic carbocycles. The summed E-state index contributed by atoms with van der Waals surface area (Å²) in [5, 5.41) is 2.64. The lowest BCUT2D eigenvalue weighted by Gasteiger charge is -2.14. The van der Waals surface area contributed by atoms with Crippen LogP contribution in [0, 0.1) is 0 Å². The fraction of sp³-hybridized carbons (Fsp3) is 0.222. The predicted octanol–water partition coefficient (Wildman–Crippen LogP) is 4.06. The lowest BCUT2D eigenvalue weighted by atomic mass is 10.2. The van der Waals surface area contributed by atoms with E-state index in [9.17, 15) is 8.42 Å². The Morgan fingerprint density at radius 3 is 2.64 bits per heavy atom. The summed E-state index contributed by atoms with van der Waals surface area (Å²) in [5.74, 6) is 0.620. The van der Waals surface area contributed by atoms with Crippen molar-refractivity contribution in [3.8, 4) is 27.6 Å². The lowest BCUT2D eigenvalue weighted by Crippen LogP contribution is -2.07. The topological polar surface area (TPSA) is 69.2 Å². The zero-order valence-corrected chi connectivity index (χ0v) is 15.8. The van der Waals surface area contributed by atoms with E-state index in [0.29, 0.717) is 16.3 Å². The average Bonchev–Trinajstić information content (AvgIpc) is 3.04. The van der Waals surface area contributed by atoms with Crippen LogP contribution in [0.25, 0.3) is 21.8 Å². The second-order valence-electron chi connectivity index (χ2n) is 5.88. The number of ether oxygens (including phenoxy) is 1. The Bertz CT molecular complexity index is 981. The van der Waals surface area contributed by atoms with Crippen molar-refractivity contribution in [3.05, 3.63) is 48.1 Å². The van der Waals surface area contributed by atoms with E-state index in [4.69, 9.17) is 4.74 Å². The third-order valence-corrected chi connectivity index (χ3v) is 5.42. The Kier molecular flexibility index (Phi) is 4.87. The van der Waals surface area contributed by atoms with Crippen LogP contribution in [-0.2, 0) is 9.84 Å². The zero-order chi connectivity index (χ0) is 18.0. The van der Waals surface area contributed by atoms with Gasteiger partial charge in [0.2, 0.25) is 0 Å². The summed E-state index contributed by atoms with van der Waals surface area (Å²) in [6, 6.07) is 8.66. The van der Waals surface area contributed by atoms with Gasteiger partial charge in [-0.05, 0) is 44.2 Å². The van der Waals surface area contributed by atoms with Gasteiger partial charge in [-0.1, -0.05) is 0 Å². The average molecular weight is 374 g/mol. The van der Waals surface area contributed by atoms with Crippen molar-refractivity contribution >= 4 is 21.2 Å². The molecule has 0 unspecified atom stereocenters. The summed E-state index contributed by atoms with van der Waals surface area (Å²) in [6.07, 6.45) is 4.62. The van der Waals surface area contributed by atoms with Crippen molar-refractivity contribution in [2.45, 2.75) is 24.8 Å². The molecule has 0 atom stereocenters. The SMILES string of the molecule is CC(C)Oc1ccc(S(C)(=O)=O)cc1-c1nc(-c2cccnc2)cs1. The van der Waals surface area contributed by atoms with E-state index >= 15 is 0 Å². The summed E-state index contributed by atoms with van der Waals surface area (Å²) in [4.78, 5) is 9.00. The maximum absolute atomic E-state index is 11.9. The lowest BCUT2D eigenvalue weighted by molar-refractivity contribution is 0.243. The Labute approximate surface area is 151 Å². The highest BCUT2D eigenvalue weighted by Crippen LogP contribution is 2.36. The standard InChI is InChI=1S/C18H18N2O3S2/c1-12(2)23-17-7-6-14(25(3,21)22)9-15(17)18-20-16(11-24-18)13-5-4-8-19-10-13/h4-12H,1-3H3. The molecular formula is C18H18N2O3S2. The molecule has 25 heavy (non-hydrogen) atoms. The molecule has 0 fully saturated rings. The molecule has 0 aliphatic heterocycles. The highest BCUT2D eigenvalue weighted by molar-refractivity contribution is 7.90. The van der Waals surface area contributed by atoms with E-state index in [1.807, 2.05) is 31.4 Å². The van der Waals surface area contributed by atoms with E-state index in [1.54, 1.807) is 30.6 Å². The Balaban J connectivity index is 2.10. The maximum Gasteiger partial charge on any atom is 0.175 e. The third-order valence-electron chi connectivity index (χ3n) is 3.43. The molecule has 0 amide bonds. The first-order valence-corrected chi connectivity index (χ1v) is 10.5. The second-order valence-corrected chi connectivity index (χ2v) is 8.75. The predicted molar refractivity (Wildman–Crippen MR) is 99.7 cm³/mol. The number of pyridine rings is 1. The van der Waals surface area contributed by atoms with Gasteiger partial charge in [-0.15, -0.1) is 11.3 Å². The van der Waals surface area contributed by atoms with Gasteiger partial charge in [0.15, 0.2) is 9.84 Å². The van der Waals surface area contributed by atoms with Gasteiger partial charge in [-0.3, -0.25) is 4.98 Å². The molecule has 0 saturated carbocycles. The first-order valence-electron chi connectivity index (χ1n) is 7.71. The molecule has 0 aliphatic carbocycles. The molecule has 3 rings (SSSR count). The normalized spacial score (nSPS) is 11.7. The number of nitrogens with zero attached hydrogens (tertiary/aromatic N) is 2. The van der Waals surface area contributed by atoms with Gasteiger partial charge >= 0.3 is 0 Å². The molecule has 0 aliphatic rings. The van der Waals surface area contributed by atoms with E-state index in [2.05, 4.69) is 9.97 Å². The van der Waals surface area contributed by atoms with Gasteiger partial charge in [0.1, 0.15) is 10.8 Å². The maximum atomic E-state index is 11.9. The monoisotopic (exact) mass is 374 g/mol. The van der Waals surface area contributed by atoms with Gasteiger partial charge in [-0.25, -0.2) is 13.4 Å². The fourth-order valence-corrected chi connectivity index (χ4v) is 3.80. The van der Waals surface area contributed by atoms with Crippen LogP contribution in [0.2, 0.25) is 0 Å². The summed E-state index contributed by atoms with van der Waals surface area (Å²) < 4.78 is 29.7. The van der Waals surface area contributed by atoms with E-state index in [1.165, 1.54) is 17.6 Å². The van der Waals surface area contributed by atoms with Crippen LogP contribution >= 0.6 is 11.3 Å². The highest BCUT2D eigenvalue weighted by Gasteiger charge is 2.17. The molecule has 5 nitrogen and oxygen atoms in total. The molecule has 2 heterocycles. The van der Waals surface area contributed by atoms with Crippen molar-refractivity contribution in [2.75, 3.05) is 6.26 Å². The van der Waals surface area contributed by atoms with Crippen LogP contribution in [0.15, 0.2) is 53.0 Å². The van der Waals surface area contributed by atoms with Crippen molar-refractivity contribution in [3.63, 3.8) is 0 Å². The highest BCUT2D eigenvalue weighted by atomic mass is 32.2. The van der Waals surface area contributed by atoms with Gasteiger partial charge in [0.25, 0.3) is 0 Å². The number of sulfone groups is 1. The zero-order valence-electron chi connectivity index (χ0n) is 14.1. The molecule has 7 heteroatoms. The minimum absolute atomic E-state index is 0.0272. The van der Waals surface area contributed by atoms with Gasteiger partial charge in [0, 0.05) is 29.6 Å². The van der Waals surface area contributed by atoms with Crippen LogP contribution in [-0.4, -0.2) is 30.7 Å². The molecule has 2 aromatic heterocycles. The number of hydrogen-bond acceptors (Lipinski definition) is 6. The summed E-state index contributed by atoms with van der Waals surface area (Å²) in [7, 11) is -3.31. The van der Waals surface area contributed by atoms with Gasteiger partial charge < -0.3 is 4.74 Å². The van der Waals surface area contributed by atoms with Crippen molar-refractivity contribution in [1.29, 1.82) is 0 Å². The van der Waals surface area contributed by atoms with E-state index < -0.39 is 9.84 Å². The number of hydrogen-bond donors (Lipinski definition) is 0. The Hall–Kier alpha value is -2.25. The third kappa shape index (κ3) is 4.05. The Morgan fingerprint density at radius 1 is 1.20 bits per heavy atom. The first-order chi connectivity index (χ1) is 11.8. The Morgan fingerprint density at radius 2 is 2.00 bits per heavy atom. The molecule has 0 N–H and O–H groups in total. The molecule has 3 aromatic rings. The minimum atomic E-state index is -3.31. The first kappa shape index (κ1) is 17.6. The minimum Gasteiger partial charge on any atom is -0.490 e. The van der Waals surface area contributed by atoms with Crippen molar-refractivity contribution < 1.29 is 13.2 Å². The molecule has 0 spiro atoms. The van der Waals surface area contributed by atoms with Gasteiger partial charge in [-0.2, -0.15) is 0 Å². The molecular weight excluding hydrogens is 356 g/mol. The summed E-state index contributed by atoms with van der Waals surface area (Å²) >= 11 is 1.44. The van der Waals surface area contributed by atoms with Crippen LogP contribution in [0.4, 0.5) is 0 Å². The summed E-state index contributed by atoms with van der Waals surface area (Å²) in [6.45, 7) is 3.86. The van der Waals surface area contributed by atoms with Crippen LogP contribution in [0.5, 0.6) is 5.75 Å². The second kappa shape index (κ2) is 6.93. The number of benzene rings is 1. The molecule has 0 saturated heterocycles. The molecule has 0 bridgehead atoms. The van der Waals surface area contributed by atoms with Gasteiger partial charge in [0.05, 0.1) is 22.3 Å². The summed E-state index contributed by atoms with van der Waals surface area (Å²) in [5.41, 5.74) is 2.39. The number of rotatable bonds is 5. The fourth-order valence-electron chi connectivity index (χ4n) is 2.31. The number of aromatic nitrogens is 2. The van der Waals surface area contributed by atoms with Crippen LogP contribution in [0.3, 0.4) is 0 Å². The largest absolute Gasteiger partial charge is 0.490 e. The molecule has 0 radical (unpaired) electrons. The van der Waals surface area contributed by atoms with E-state index in [-0.39, 0.29) is 11.0 Å². The quantitative estimate of drug-likeness (QED) is 0.673.